The molecule has 0 saturated heterocycles. The van der Waals surface area contributed by atoms with E-state index in [1.807, 2.05) is 13.8 Å². The van der Waals surface area contributed by atoms with Gasteiger partial charge in [0, 0.05) is 19.8 Å². The molecule has 0 saturated carbocycles. The van der Waals surface area contributed by atoms with Crippen LogP contribution in [0.25, 0.3) is 0 Å². The molecule has 0 aromatic heterocycles. The number of unbranched alkanes of at least 4 members (excludes halogenated alkanes) is 4. The molecule has 0 atom stereocenters. The molecule has 96 valence electrons. The highest BCUT2D eigenvalue weighted by molar-refractivity contribution is 4.35. The van der Waals surface area contributed by atoms with Gasteiger partial charge in [-0.15, -0.1) is 0 Å². The van der Waals surface area contributed by atoms with E-state index in [1.165, 1.54) is 32.1 Å². The Bertz CT molecular complexity index is 59.6. The molecule has 0 aliphatic rings. The average Bonchev–Trinajstić information content (AvgIpc) is 2.22. The zero-order valence-corrected chi connectivity index (χ0v) is 11.5. The molecule has 0 aromatic carbocycles. The molecule has 0 aromatic rings. The van der Waals surface area contributed by atoms with Crippen molar-refractivity contribution in [1.82, 2.24) is 0 Å². The standard InChI is InChI=1S/C7H16.C4H10O.C2H6O/c1-3-5-7-6-4-2;1-3-5-4-2;1-2-3/h3-7H2,1-2H3;3-4H2,1-2H3;3H,2H2,1H3. The summed E-state index contributed by atoms with van der Waals surface area (Å²) in [5, 5.41) is 7.57. The van der Waals surface area contributed by atoms with Crippen molar-refractivity contribution >= 4 is 0 Å². The lowest BCUT2D eigenvalue weighted by atomic mass is 10.2. The molecule has 0 amide bonds. The fraction of sp³-hybridized carbons (Fsp3) is 1.00. The van der Waals surface area contributed by atoms with Gasteiger partial charge in [0.05, 0.1) is 0 Å². The van der Waals surface area contributed by atoms with E-state index in [0.29, 0.717) is 0 Å². The number of hydrogen-bond donors (Lipinski definition) is 1. The maximum atomic E-state index is 7.57. The largest absolute Gasteiger partial charge is 0.397 e. The lowest BCUT2D eigenvalue weighted by Crippen LogP contribution is -1.84. The van der Waals surface area contributed by atoms with Gasteiger partial charge in [0.25, 0.3) is 0 Å². The summed E-state index contributed by atoms with van der Waals surface area (Å²) < 4.78 is 4.83. The van der Waals surface area contributed by atoms with E-state index in [-0.39, 0.29) is 6.61 Å². The number of aliphatic hydroxyl groups is 1. The minimum absolute atomic E-state index is 0.250. The summed E-state index contributed by atoms with van der Waals surface area (Å²) in [6.07, 6.45) is 7.01. The molecule has 15 heavy (non-hydrogen) atoms. The van der Waals surface area contributed by atoms with Crippen LogP contribution in [-0.4, -0.2) is 24.9 Å². The van der Waals surface area contributed by atoms with Gasteiger partial charge in [-0.05, 0) is 20.8 Å². The van der Waals surface area contributed by atoms with Crippen molar-refractivity contribution in [3.05, 3.63) is 0 Å². The molecule has 0 spiro atoms. The maximum Gasteiger partial charge on any atom is 0.0437 e. The van der Waals surface area contributed by atoms with Gasteiger partial charge in [-0.1, -0.05) is 46.0 Å². The molecule has 0 unspecified atom stereocenters. The fourth-order valence-electron chi connectivity index (χ4n) is 0.881. The highest BCUT2D eigenvalue weighted by Gasteiger charge is 1.80. The molecule has 0 radical (unpaired) electrons. The van der Waals surface area contributed by atoms with Gasteiger partial charge < -0.3 is 9.84 Å². The van der Waals surface area contributed by atoms with Crippen molar-refractivity contribution in [2.75, 3.05) is 19.8 Å². The van der Waals surface area contributed by atoms with Crippen molar-refractivity contribution in [1.29, 1.82) is 0 Å². The van der Waals surface area contributed by atoms with Crippen LogP contribution in [0.2, 0.25) is 0 Å². The van der Waals surface area contributed by atoms with Gasteiger partial charge in [-0.25, -0.2) is 0 Å². The van der Waals surface area contributed by atoms with E-state index in [9.17, 15) is 0 Å². The van der Waals surface area contributed by atoms with Crippen LogP contribution in [0, 0.1) is 0 Å². The van der Waals surface area contributed by atoms with E-state index in [2.05, 4.69) is 13.8 Å². The van der Waals surface area contributed by atoms with Crippen LogP contribution in [0.3, 0.4) is 0 Å². The van der Waals surface area contributed by atoms with Crippen molar-refractivity contribution in [3.8, 4) is 0 Å². The summed E-state index contributed by atoms with van der Waals surface area (Å²) in [4.78, 5) is 0. The molecule has 0 fully saturated rings. The van der Waals surface area contributed by atoms with Crippen molar-refractivity contribution < 1.29 is 9.84 Å². The van der Waals surface area contributed by atoms with Crippen molar-refractivity contribution in [2.45, 2.75) is 66.7 Å². The molecule has 0 bridgehead atoms. The summed E-state index contributed by atoms with van der Waals surface area (Å²) in [5.74, 6) is 0. The van der Waals surface area contributed by atoms with Crippen LogP contribution in [0.1, 0.15) is 66.7 Å². The van der Waals surface area contributed by atoms with Gasteiger partial charge in [-0.3, -0.25) is 0 Å². The zero-order valence-electron chi connectivity index (χ0n) is 11.5. The van der Waals surface area contributed by atoms with E-state index in [4.69, 9.17) is 9.84 Å². The third kappa shape index (κ3) is 56.4. The average molecular weight is 220 g/mol. The smallest absolute Gasteiger partial charge is 0.0437 e. The summed E-state index contributed by atoms with van der Waals surface area (Å²) in [6.45, 7) is 12.1. The minimum Gasteiger partial charge on any atom is -0.397 e. The maximum absolute atomic E-state index is 7.57. The Morgan fingerprint density at radius 2 is 1.07 bits per heavy atom. The molecule has 0 rings (SSSR count). The molecule has 2 nitrogen and oxygen atoms in total. The predicted octanol–water partition coefficient (Wildman–Crippen LogP) is 4.02. The quantitative estimate of drug-likeness (QED) is 0.685. The Kier molecular flexibility index (Phi) is 39.6. The second kappa shape index (κ2) is 29.2. The third-order valence-corrected chi connectivity index (χ3v) is 1.62. The highest BCUT2D eigenvalue weighted by atomic mass is 16.5. The second-order valence-corrected chi connectivity index (χ2v) is 3.16. The van der Waals surface area contributed by atoms with Crippen LogP contribution < -0.4 is 0 Å². The summed E-state index contributed by atoms with van der Waals surface area (Å²) in [5.41, 5.74) is 0. The third-order valence-electron chi connectivity index (χ3n) is 1.62. The van der Waals surface area contributed by atoms with Gasteiger partial charge in [0.2, 0.25) is 0 Å². The molecular formula is C13H32O2. The molecule has 0 aliphatic heterocycles. The Morgan fingerprint density at radius 3 is 1.20 bits per heavy atom. The van der Waals surface area contributed by atoms with Crippen molar-refractivity contribution in [2.24, 2.45) is 0 Å². The van der Waals surface area contributed by atoms with E-state index >= 15 is 0 Å². The monoisotopic (exact) mass is 220 g/mol. The second-order valence-electron chi connectivity index (χ2n) is 3.16. The Morgan fingerprint density at radius 1 is 0.733 bits per heavy atom. The first-order chi connectivity index (χ1) is 7.24. The van der Waals surface area contributed by atoms with Crippen LogP contribution in [0.5, 0.6) is 0 Å². The van der Waals surface area contributed by atoms with Crippen LogP contribution in [-0.2, 0) is 4.74 Å². The molecule has 0 heterocycles. The lowest BCUT2D eigenvalue weighted by Gasteiger charge is -1.90. The molecule has 2 heteroatoms. The Hall–Kier alpha value is -0.0800. The minimum atomic E-state index is 0.250. The number of ether oxygens (including phenoxy) is 1. The Labute approximate surface area is 97.0 Å². The summed E-state index contributed by atoms with van der Waals surface area (Å²) in [7, 11) is 0. The van der Waals surface area contributed by atoms with Crippen LogP contribution in [0.4, 0.5) is 0 Å². The van der Waals surface area contributed by atoms with E-state index < -0.39 is 0 Å². The lowest BCUT2D eigenvalue weighted by molar-refractivity contribution is 0.162. The fourth-order valence-corrected chi connectivity index (χ4v) is 0.881. The highest BCUT2D eigenvalue weighted by Crippen LogP contribution is 2.00. The zero-order chi connectivity index (χ0) is 12.4. The molecular weight excluding hydrogens is 188 g/mol. The first kappa shape index (κ1) is 20.3. The van der Waals surface area contributed by atoms with Crippen molar-refractivity contribution in [3.63, 3.8) is 0 Å². The van der Waals surface area contributed by atoms with Gasteiger partial charge in [0.1, 0.15) is 0 Å². The number of rotatable bonds is 6. The normalized spacial score (nSPS) is 8.40. The van der Waals surface area contributed by atoms with E-state index in [1.54, 1.807) is 6.92 Å². The Balaban J connectivity index is -0.000000158. The number of aliphatic hydroxyl groups excluding tert-OH is 1. The number of hydrogen-bond acceptors (Lipinski definition) is 2. The van der Waals surface area contributed by atoms with Gasteiger partial charge >= 0.3 is 0 Å². The first-order valence-corrected chi connectivity index (χ1v) is 6.43. The SMILES string of the molecule is CCCCCCC.CCO.CCOCC. The van der Waals surface area contributed by atoms with Crippen LogP contribution >= 0.6 is 0 Å². The molecule has 1 N–H and O–H groups in total. The van der Waals surface area contributed by atoms with Gasteiger partial charge in [-0.2, -0.15) is 0 Å². The summed E-state index contributed by atoms with van der Waals surface area (Å²) >= 11 is 0. The first-order valence-electron chi connectivity index (χ1n) is 6.43. The van der Waals surface area contributed by atoms with Crippen LogP contribution in [0.15, 0.2) is 0 Å². The summed E-state index contributed by atoms with van der Waals surface area (Å²) in [6, 6.07) is 0. The van der Waals surface area contributed by atoms with E-state index in [0.717, 1.165) is 13.2 Å². The topological polar surface area (TPSA) is 29.5 Å². The molecule has 0 aliphatic carbocycles. The van der Waals surface area contributed by atoms with Gasteiger partial charge in [0.15, 0.2) is 0 Å². The predicted molar refractivity (Wildman–Crippen MR) is 69.4 cm³/mol.